The summed E-state index contributed by atoms with van der Waals surface area (Å²) in [6, 6.07) is 0. The molecule has 0 aromatic carbocycles. The fourth-order valence-electron chi connectivity index (χ4n) is 2.03. The molecule has 0 atom stereocenters. The lowest BCUT2D eigenvalue weighted by Crippen LogP contribution is -2.50. The molecule has 7 heteroatoms. The molecule has 0 radical (unpaired) electrons. The Morgan fingerprint density at radius 3 is 2.56 bits per heavy atom. The number of piperazine rings is 1. The normalized spacial score (nSPS) is 15.4. The van der Waals surface area contributed by atoms with Crippen LogP contribution in [-0.2, 0) is 16.6 Å². The maximum absolute atomic E-state index is 11.6. The van der Waals surface area contributed by atoms with E-state index in [0.29, 0.717) is 0 Å². The number of methoxy groups -OCH3 is 1. The van der Waals surface area contributed by atoms with Gasteiger partial charge in [-0.25, -0.2) is 4.98 Å². The monoisotopic (exact) mass is 274 g/mol. The van der Waals surface area contributed by atoms with Gasteiger partial charge in [-0.1, -0.05) is 0 Å². The molecule has 0 bridgehead atoms. The maximum atomic E-state index is 11.6. The lowest BCUT2D eigenvalue weighted by Gasteiger charge is -2.35. The molecule has 0 N–H and O–H groups in total. The molecule has 1 saturated heterocycles. The Morgan fingerprint density at radius 1 is 1.39 bits per heavy atom. The summed E-state index contributed by atoms with van der Waals surface area (Å²) in [6.07, 6.45) is 3.72. The van der Waals surface area contributed by atoms with Gasteiger partial charge in [0.15, 0.2) is 0 Å². The molecule has 1 aromatic rings. The summed E-state index contributed by atoms with van der Waals surface area (Å²) in [5.74, 6) is 1.02. The van der Waals surface area contributed by atoms with Crippen LogP contribution in [0, 0.1) is 0 Å². The molecule has 0 saturated carbocycles. The van der Waals surface area contributed by atoms with Crippen LogP contribution in [0.3, 0.4) is 0 Å². The van der Waals surface area contributed by atoms with Crippen molar-refractivity contribution in [3.8, 4) is 0 Å². The van der Waals surface area contributed by atoms with Crippen molar-refractivity contribution in [1.82, 2.24) is 14.5 Å². The molecule has 1 aromatic heterocycles. The van der Waals surface area contributed by atoms with Gasteiger partial charge in [0, 0.05) is 52.7 Å². The third-order valence-corrected chi connectivity index (χ3v) is 2.98. The van der Waals surface area contributed by atoms with Crippen molar-refractivity contribution >= 4 is 24.3 Å². The summed E-state index contributed by atoms with van der Waals surface area (Å²) in [7, 11) is 3.52. The summed E-state index contributed by atoms with van der Waals surface area (Å²) in [5.41, 5.74) is 0. The molecule has 1 aliphatic rings. The standard InChI is InChI=1S/C11H18N4O2.ClH/c1-13-4-3-12-11(13)15-7-5-14(6-8-15)10(16)9-17-2;/h3-4H,5-9H2,1-2H3;1H. The number of imidazole rings is 1. The van der Waals surface area contributed by atoms with Crippen molar-refractivity contribution in [2.75, 3.05) is 44.8 Å². The van der Waals surface area contributed by atoms with Gasteiger partial charge in [0.25, 0.3) is 0 Å². The predicted molar refractivity (Wildman–Crippen MR) is 71.1 cm³/mol. The van der Waals surface area contributed by atoms with E-state index in [1.165, 1.54) is 0 Å². The first-order chi connectivity index (χ1) is 8.22. The summed E-state index contributed by atoms with van der Waals surface area (Å²) in [6.45, 7) is 3.27. The fraction of sp³-hybridized carbons (Fsp3) is 0.636. The minimum absolute atomic E-state index is 0. The van der Waals surface area contributed by atoms with Crippen molar-refractivity contribution in [2.45, 2.75) is 0 Å². The molecule has 1 fully saturated rings. The Kier molecular flexibility index (Phi) is 5.43. The van der Waals surface area contributed by atoms with Crippen molar-refractivity contribution in [2.24, 2.45) is 7.05 Å². The van der Waals surface area contributed by atoms with Crippen LogP contribution in [0.1, 0.15) is 0 Å². The van der Waals surface area contributed by atoms with E-state index in [2.05, 4.69) is 9.88 Å². The zero-order chi connectivity index (χ0) is 12.3. The molecule has 1 aliphatic heterocycles. The third kappa shape index (κ3) is 3.14. The number of hydrogen-bond acceptors (Lipinski definition) is 4. The first-order valence-electron chi connectivity index (χ1n) is 5.71. The second kappa shape index (κ2) is 6.61. The number of carbonyl (C=O) groups is 1. The number of halogens is 1. The lowest BCUT2D eigenvalue weighted by atomic mass is 10.3. The average molecular weight is 275 g/mol. The number of hydrogen-bond donors (Lipinski definition) is 0. The Morgan fingerprint density at radius 2 is 2.06 bits per heavy atom. The molecule has 18 heavy (non-hydrogen) atoms. The summed E-state index contributed by atoms with van der Waals surface area (Å²) in [5, 5.41) is 0. The van der Waals surface area contributed by atoms with Crippen molar-refractivity contribution < 1.29 is 9.53 Å². The number of rotatable bonds is 3. The van der Waals surface area contributed by atoms with Crippen LogP contribution in [0.25, 0.3) is 0 Å². The van der Waals surface area contributed by atoms with Crippen molar-refractivity contribution in [3.63, 3.8) is 0 Å². The Bertz CT molecular complexity index is 388. The number of carbonyl (C=O) groups excluding carboxylic acids is 1. The highest BCUT2D eigenvalue weighted by Gasteiger charge is 2.22. The summed E-state index contributed by atoms with van der Waals surface area (Å²) < 4.78 is 6.85. The first-order valence-corrected chi connectivity index (χ1v) is 5.71. The average Bonchev–Trinajstić information content (AvgIpc) is 2.76. The van der Waals surface area contributed by atoms with Gasteiger partial charge >= 0.3 is 0 Å². The van der Waals surface area contributed by atoms with E-state index >= 15 is 0 Å². The molecule has 2 heterocycles. The molecule has 0 unspecified atom stereocenters. The molecule has 0 aliphatic carbocycles. The molecule has 1 amide bonds. The van der Waals surface area contributed by atoms with Gasteiger partial charge in [-0.05, 0) is 0 Å². The van der Waals surface area contributed by atoms with E-state index in [1.54, 1.807) is 13.3 Å². The highest BCUT2D eigenvalue weighted by Crippen LogP contribution is 2.12. The van der Waals surface area contributed by atoms with Gasteiger partial charge < -0.3 is 19.1 Å². The predicted octanol–water partition coefficient (Wildman–Crippen LogP) is 0.137. The largest absolute Gasteiger partial charge is 0.375 e. The van der Waals surface area contributed by atoms with Gasteiger partial charge in [-0.15, -0.1) is 12.4 Å². The highest BCUT2D eigenvalue weighted by molar-refractivity contribution is 5.85. The van der Waals surface area contributed by atoms with E-state index in [1.807, 2.05) is 22.7 Å². The van der Waals surface area contributed by atoms with Gasteiger partial charge in [-0.3, -0.25) is 4.79 Å². The number of aromatic nitrogens is 2. The van der Waals surface area contributed by atoms with Crippen LogP contribution >= 0.6 is 12.4 Å². The van der Waals surface area contributed by atoms with Crippen LogP contribution in [0.15, 0.2) is 12.4 Å². The van der Waals surface area contributed by atoms with Crippen LogP contribution < -0.4 is 4.90 Å². The molecule has 6 nitrogen and oxygen atoms in total. The number of amides is 1. The topological polar surface area (TPSA) is 50.6 Å². The smallest absolute Gasteiger partial charge is 0.248 e. The summed E-state index contributed by atoms with van der Waals surface area (Å²) in [4.78, 5) is 20.0. The first kappa shape index (κ1) is 14.8. The highest BCUT2D eigenvalue weighted by atomic mass is 35.5. The zero-order valence-corrected chi connectivity index (χ0v) is 11.5. The van der Waals surface area contributed by atoms with Crippen molar-refractivity contribution in [1.29, 1.82) is 0 Å². The van der Waals surface area contributed by atoms with E-state index in [9.17, 15) is 4.79 Å². The lowest BCUT2D eigenvalue weighted by molar-refractivity contribution is -0.135. The van der Waals surface area contributed by atoms with Crippen LogP contribution in [0.5, 0.6) is 0 Å². The van der Waals surface area contributed by atoms with E-state index in [-0.39, 0.29) is 24.9 Å². The van der Waals surface area contributed by atoms with Crippen LogP contribution in [0.2, 0.25) is 0 Å². The number of aryl methyl sites for hydroxylation is 1. The Labute approximate surface area is 113 Å². The molecule has 102 valence electrons. The van der Waals surface area contributed by atoms with Crippen molar-refractivity contribution in [3.05, 3.63) is 12.4 Å². The Hall–Kier alpha value is -1.27. The Balaban J connectivity index is 0.00000162. The third-order valence-electron chi connectivity index (χ3n) is 2.98. The minimum Gasteiger partial charge on any atom is -0.375 e. The number of nitrogens with zero attached hydrogens (tertiary/aromatic N) is 4. The van der Waals surface area contributed by atoms with Gasteiger partial charge in [0.05, 0.1) is 0 Å². The second-order valence-corrected chi connectivity index (χ2v) is 4.14. The fourth-order valence-corrected chi connectivity index (χ4v) is 2.03. The zero-order valence-electron chi connectivity index (χ0n) is 10.7. The number of ether oxygens (including phenoxy) is 1. The van der Waals surface area contributed by atoms with Crippen LogP contribution in [-0.4, -0.2) is 60.3 Å². The van der Waals surface area contributed by atoms with E-state index in [4.69, 9.17) is 4.74 Å². The minimum atomic E-state index is 0. The molecule has 0 spiro atoms. The van der Waals surface area contributed by atoms with Gasteiger partial charge in [0.2, 0.25) is 11.9 Å². The molecular weight excluding hydrogens is 256 g/mol. The quantitative estimate of drug-likeness (QED) is 0.787. The van der Waals surface area contributed by atoms with Gasteiger partial charge in [-0.2, -0.15) is 0 Å². The van der Waals surface area contributed by atoms with E-state index in [0.717, 1.165) is 32.1 Å². The summed E-state index contributed by atoms with van der Waals surface area (Å²) >= 11 is 0. The SMILES string of the molecule is COCC(=O)N1CCN(c2nccn2C)CC1.Cl. The van der Waals surface area contributed by atoms with Gasteiger partial charge in [0.1, 0.15) is 6.61 Å². The maximum Gasteiger partial charge on any atom is 0.248 e. The van der Waals surface area contributed by atoms with Crippen LogP contribution in [0.4, 0.5) is 5.95 Å². The molecule has 2 rings (SSSR count). The second-order valence-electron chi connectivity index (χ2n) is 4.14. The number of anilines is 1. The van der Waals surface area contributed by atoms with E-state index < -0.39 is 0 Å². The molecular formula is C11H19ClN4O2.